The lowest BCUT2D eigenvalue weighted by molar-refractivity contribution is -0.128. The van der Waals surface area contributed by atoms with Crippen LogP contribution in [0.3, 0.4) is 0 Å². The van der Waals surface area contributed by atoms with Crippen molar-refractivity contribution in [3.05, 3.63) is 28.2 Å². The number of hydrogen-bond acceptors (Lipinski definition) is 3. The molecule has 4 nitrogen and oxygen atoms in total. The molecule has 2 aliphatic heterocycles. The van der Waals surface area contributed by atoms with Crippen molar-refractivity contribution >= 4 is 21.8 Å². The zero-order valence-corrected chi connectivity index (χ0v) is 12.4. The Morgan fingerprint density at radius 3 is 2.95 bits per heavy atom. The van der Waals surface area contributed by atoms with Gasteiger partial charge in [0, 0.05) is 36.1 Å². The quantitative estimate of drug-likeness (QED) is 0.905. The van der Waals surface area contributed by atoms with Gasteiger partial charge in [-0.05, 0) is 24.6 Å². The molecule has 2 atom stereocenters. The van der Waals surface area contributed by atoms with Crippen molar-refractivity contribution in [1.82, 2.24) is 10.2 Å². The predicted molar refractivity (Wildman–Crippen MR) is 76.2 cm³/mol. The van der Waals surface area contributed by atoms with Crippen LogP contribution in [0.15, 0.2) is 22.7 Å². The van der Waals surface area contributed by atoms with E-state index < -0.39 is 0 Å². The fraction of sp³-hybridized carbons (Fsp3) is 0.500. The highest BCUT2D eigenvalue weighted by Crippen LogP contribution is 2.34. The standard InChI is InChI=1S/C14H17BrN2O2/c1-17-6-4-12(14(17)18)16-11-5-7-19-13-3-2-9(15)8-10(11)13/h2-3,8,11-12,16H,4-7H2,1H3. The van der Waals surface area contributed by atoms with Crippen LogP contribution >= 0.6 is 15.9 Å². The molecule has 2 heterocycles. The Kier molecular flexibility index (Phi) is 3.50. The van der Waals surface area contributed by atoms with Crippen molar-refractivity contribution in [3.8, 4) is 5.75 Å². The predicted octanol–water partition coefficient (Wildman–Crippen LogP) is 2.09. The molecule has 2 aliphatic rings. The Hall–Kier alpha value is -1.07. The van der Waals surface area contributed by atoms with Gasteiger partial charge < -0.3 is 9.64 Å². The summed E-state index contributed by atoms with van der Waals surface area (Å²) < 4.78 is 6.71. The van der Waals surface area contributed by atoms with Crippen LogP contribution in [0.4, 0.5) is 0 Å². The van der Waals surface area contributed by atoms with Crippen molar-refractivity contribution in [2.75, 3.05) is 20.2 Å². The Morgan fingerprint density at radius 1 is 1.37 bits per heavy atom. The molecule has 1 aromatic carbocycles. The maximum absolute atomic E-state index is 12.0. The van der Waals surface area contributed by atoms with Gasteiger partial charge in [0.25, 0.3) is 0 Å². The molecule has 1 amide bonds. The Bertz CT molecular complexity index is 506. The Balaban J connectivity index is 1.80. The maximum Gasteiger partial charge on any atom is 0.239 e. The van der Waals surface area contributed by atoms with Crippen LogP contribution in [0.5, 0.6) is 5.75 Å². The van der Waals surface area contributed by atoms with Gasteiger partial charge in [-0.3, -0.25) is 10.1 Å². The molecule has 0 bridgehead atoms. The van der Waals surface area contributed by atoms with Crippen LogP contribution in [0.25, 0.3) is 0 Å². The summed E-state index contributed by atoms with van der Waals surface area (Å²) in [6, 6.07) is 6.18. The molecule has 1 saturated heterocycles. The molecule has 1 fully saturated rings. The normalized spacial score (nSPS) is 26.2. The summed E-state index contributed by atoms with van der Waals surface area (Å²) in [4.78, 5) is 13.8. The van der Waals surface area contributed by atoms with Gasteiger partial charge in [0.1, 0.15) is 5.75 Å². The molecule has 0 radical (unpaired) electrons. The molecule has 0 saturated carbocycles. The maximum atomic E-state index is 12.0. The second kappa shape index (κ2) is 5.13. The summed E-state index contributed by atoms with van der Waals surface area (Å²) in [6.07, 6.45) is 1.78. The number of likely N-dealkylation sites (N-methyl/N-ethyl adjacent to an activating group) is 1. The lowest BCUT2D eigenvalue weighted by atomic mass is 9.99. The average molecular weight is 325 g/mol. The summed E-state index contributed by atoms with van der Waals surface area (Å²) in [6.45, 7) is 1.54. The van der Waals surface area contributed by atoms with E-state index in [1.54, 1.807) is 4.90 Å². The van der Waals surface area contributed by atoms with Crippen LogP contribution in [0.1, 0.15) is 24.4 Å². The molecule has 1 aromatic rings. The van der Waals surface area contributed by atoms with E-state index in [0.29, 0.717) is 6.61 Å². The molecule has 1 N–H and O–H groups in total. The van der Waals surface area contributed by atoms with Gasteiger partial charge in [0.2, 0.25) is 5.91 Å². The van der Waals surface area contributed by atoms with Crippen LogP contribution < -0.4 is 10.1 Å². The summed E-state index contributed by atoms with van der Waals surface area (Å²) in [5.74, 6) is 1.12. The molecule has 5 heteroatoms. The van der Waals surface area contributed by atoms with E-state index in [9.17, 15) is 4.79 Å². The van der Waals surface area contributed by atoms with Crippen LogP contribution in [0, 0.1) is 0 Å². The summed E-state index contributed by atoms with van der Waals surface area (Å²) in [7, 11) is 1.86. The minimum atomic E-state index is -0.0556. The number of fused-ring (bicyclic) bond motifs is 1. The number of nitrogens with one attached hydrogen (secondary N) is 1. The van der Waals surface area contributed by atoms with E-state index in [-0.39, 0.29) is 18.0 Å². The second-order valence-electron chi connectivity index (χ2n) is 5.14. The Morgan fingerprint density at radius 2 is 2.21 bits per heavy atom. The zero-order chi connectivity index (χ0) is 13.4. The van der Waals surface area contributed by atoms with Crippen molar-refractivity contribution in [1.29, 1.82) is 0 Å². The number of amides is 1. The van der Waals surface area contributed by atoms with Gasteiger partial charge in [0.05, 0.1) is 12.6 Å². The molecule has 2 unspecified atom stereocenters. The first-order valence-corrected chi connectivity index (χ1v) is 7.38. The van der Waals surface area contributed by atoms with E-state index >= 15 is 0 Å². The first-order chi connectivity index (χ1) is 9.15. The van der Waals surface area contributed by atoms with Crippen LogP contribution in [-0.2, 0) is 4.79 Å². The summed E-state index contributed by atoms with van der Waals surface area (Å²) in [5.41, 5.74) is 1.14. The third-order valence-corrected chi connectivity index (χ3v) is 4.33. The highest BCUT2D eigenvalue weighted by molar-refractivity contribution is 9.10. The smallest absolute Gasteiger partial charge is 0.239 e. The number of hydrogen-bond donors (Lipinski definition) is 1. The Labute approximate surface area is 121 Å². The van der Waals surface area contributed by atoms with Gasteiger partial charge >= 0.3 is 0 Å². The molecule has 0 aliphatic carbocycles. The summed E-state index contributed by atoms with van der Waals surface area (Å²) >= 11 is 3.49. The molecule has 3 rings (SSSR count). The van der Waals surface area contributed by atoms with Crippen molar-refractivity contribution in [2.24, 2.45) is 0 Å². The van der Waals surface area contributed by atoms with E-state index in [1.165, 1.54) is 0 Å². The molecule has 102 valence electrons. The number of benzene rings is 1. The topological polar surface area (TPSA) is 41.6 Å². The highest BCUT2D eigenvalue weighted by Gasteiger charge is 2.32. The van der Waals surface area contributed by atoms with Crippen molar-refractivity contribution in [3.63, 3.8) is 0 Å². The third-order valence-electron chi connectivity index (χ3n) is 3.84. The lowest BCUT2D eigenvalue weighted by Crippen LogP contribution is -2.40. The van der Waals surface area contributed by atoms with Gasteiger partial charge in [-0.15, -0.1) is 0 Å². The van der Waals surface area contributed by atoms with Crippen LogP contribution in [-0.4, -0.2) is 37.0 Å². The summed E-state index contributed by atoms with van der Waals surface area (Å²) in [5, 5.41) is 3.49. The molecular formula is C14H17BrN2O2. The largest absolute Gasteiger partial charge is 0.493 e. The van der Waals surface area contributed by atoms with Crippen LogP contribution in [0.2, 0.25) is 0 Å². The number of nitrogens with zero attached hydrogens (tertiary/aromatic N) is 1. The first kappa shape index (κ1) is 12.9. The van der Waals surface area contributed by atoms with E-state index in [4.69, 9.17) is 4.74 Å². The van der Waals surface area contributed by atoms with E-state index in [2.05, 4.69) is 27.3 Å². The number of carbonyl (C=O) groups is 1. The van der Waals surface area contributed by atoms with Gasteiger partial charge in [-0.25, -0.2) is 0 Å². The highest BCUT2D eigenvalue weighted by atomic mass is 79.9. The number of rotatable bonds is 2. The lowest BCUT2D eigenvalue weighted by Gasteiger charge is -2.29. The zero-order valence-electron chi connectivity index (χ0n) is 10.9. The molecule has 0 aromatic heterocycles. The first-order valence-electron chi connectivity index (χ1n) is 6.58. The average Bonchev–Trinajstić information content (AvgIpc) is 2.71. The minimum absolute atomic E-state index is 0.0556. The molecule has 19 heavy (non-hydrogen) atoms. The minimum Gasteiger partial charge on any atom is -0.493 e. The molecule has 0 spiro atoms. The number of carbonyl (C=O) groups excluding carboxylic acids is 1. The monoisotopic (exact) mass is 324 g/mol. The second-order valence-corrected chi connectivity index (χ2v) is 6.06. The van der Waals surface area contributed by atoms with Gasteiger partial charge in [0.15, 0.2) is 0 Å². The number of likely N-dealkylation sites (tertiary alicyclic amines) is 1. The van der Waals surface area contributed by atoms with Gasteiger partial charge in [-0.1, -0.05) is 15.9 Å². The van der Waals surface area contributed by atoms with Crippen molar-refractivity contribution < 1.29 is 9.53 Å². The van der Waals surface area contributed by atoms with E-state index in [0.717, 1.165) is 35.2 Å². The fourth-order valence-corrected chi connectivity index (χ4v) is 3.14. The number of ether oxygens (including phenoxy) is 1. The molecular weight excluding hydrogens is 308 g/mol. The van der Waals surface area contributed by atoms with E-state index in [1.807, 2.05) is 19.2 Å². The van der Waals surface area contributed by atoms with Gasteiger partial charge in [-0.2, -0.15) is 0 Å². The fourth-order valence-electron chi connectivity index (χ4n) is 2.76. The number of halogens is 1. The third kappa shape index (κ3) is 2.49. The van der Waals surface area contributed by atoms with Crippen molar-refractivity contribution in [2.45, 2.75) is 24.9 Å². The SMILES string of the molecule is CN1CCC(NC2CCOc3ccc(Br)cc32)C1=O.